The molecule has 0 radical (unpaired) electrons. The molecule has 6 heteroatoms. The fourth-order valence-corrected chi connectivity index (χ4v) is 2.43. The normalized spacial score (nSPS) is 11.3. The van der Waals surface area contributed by atoms with Crippen molar-refractivity contribution in [3.63, 3.8) is 0 Å². The number of aromatic nitrogens is 2. The Balaban J connectivity index is 2.05. The number of aliphatic imine (C=N–C) groups is 1. The van der Waals surface area contributed by atoms with Crippen molar-refractivity contribution in [2.45, 2.75) is 6.92 Å². The molecule has 3 aromatic rings. The summed E-state index contributed by atoms with van der Waals surface area (Å²) in [6, 6.07) is 12.7. The van der Waals surface area contributed by atoms with E-state index >= 15 is 0 Å². The summed E-state index contributed by atoms with van der Waals surface area (Å²) >= 11 is 0. The molecule has 0 unspecified atom stereocenters. The van der Waals surface area contributed by atoms with Gasteiger partial charge in [0.15, 0.2) is 17.3 Å². The minimum absolute atomic E-state index is 0.256. The maximum absolute atomic E-state index is 13.2. The number of para-hydroxylation sites is 1. The predicted molar refractivity (Wildman–Crippen MR) is 89.4 cm³/mol. The van der Waals surface area contributed by atoms with Crippen molar-refractivity contribution < 1.29 is 8.78 Å². The Morgan fingerprint density at radius 1 is 1.04 bits per heavy atom. The Bertz CT molecular complexity index is 972. The molecule has 0 amide bonds. The van der Waals surface area contributed by atoms with Crippen LogP contribution in [0.4, 0.5) is 14.5 Å². The molecule has 3 rings (SSSR count). The number of halogens is 2. The third-order valence-corrected chi connectivity index (χ3v) is 3.81. The lowest BCUT2D eigenvalue weighted by molar-refractivity contribution is 0.508. The highest BCUT2D eigenvalue weighted by Gasteiger charge is 2.14. The molecular weight excluding hydrogens is 312 g/mol. The zero-order valence-corrected chi connectivity index (χ0v) is 13.2. The lowest BCUT2D eigenvalue weighted by Gasteiger charge is -2.07. The second kappa shape index (κ2) is 6.23. The van der Waals surface area contributed by atoms with Gasteiger partial charge in [-0.1, -0.05) is 24.3 Å². The van der Waals surface area contributed by atoms with Crippen LogP contribution in [0.3, 0.4) is 0 Å². The number of hydrogen-bond acceptors (Lipinski definition) is 2. The van der Waals surface area contributed by atoms with Crippen LogP contribution in [-0.2, 0) is 7.05 Å². The van der Waals surface area contributed by atoms with Crippen LogP contribution in [-0.4, -0.2) is 15.6 Å². The molecule has 0 bridgehead atoms. The molecule has 0 N–H and O–H groups in total. The Hall–Kier alpha value is -3.02. The van der Waals surface area contributed by atoms with Gasteiger partial charge < -0.3 is 0 Å². The fourth-order valence-electron chi connectivity index (χ4n) is 2.43. The molecule has 24 heavy (non-hydrogen) atoms. The van der Waals surface area contributed by atoms with E-state index in [1.807, 2.05) is 30.3 Å². The summed E-state index contributed by atoms with van der Waals surface area (Å²) < 4.78 is 29.4. The van der Waals surface area contributed by atoms with E-state index in [1.54, 1.807) is 18.7 Å². The Labute approximate surface area is 137 Å². The van der Waals surface area contributed by atoms with Gasteiger partial charge >= 0.3 is 0 Å². The second-order valence-corrected chi connectivity index (χ2v) is 5.34. The molecule has 1 aromatic heterocycles. The quantitative estimate of drug-likeness (QED) is 0.679. The lowest BCUT2D eigenvalue weighted by atomic mass is 10.2. The first-order valence-electron chi connectivity index (χ1n) is 7.32. The largest absolute Gasteiger partial charge is 0.297 e. The Morgan fingerprint density at radius 2 is 1.75 bits per heavy atom. The summed E-state index contributed by atoms with van der Waals surface area (Å²) in [5.74, 6) is -1.88. The molecule has 0 aliphatic rings. The van der Waals surface area contributed by atoms with E-state index in [-0.39, 0.29) is 11.2 Å². The van der Waals surface area contributed by atoms with E-state index < -0.39 is 11.6 Å². The van der Waals surface area contributed by atoms with Gasteiger partial charge in [0.1, 0.15) is 0 Å². The molecule has 0 saturated heterocycles. The molecule has 0 aliphatic heterocycles. The van der Waals surface area contributed by atoms with Gasteiger partial charge in [-0.15, -0.1) is 0 Å². The number of rotatable bonds is 3. The molecule has 0 atom stereocenters. The molecule has 0 fully saturated rings. The van der Waals surface area contributed by atoms with Crippen molar-refractivity contribution in [3.05, 3.63) is 81.8 Å². The summed E-state index contributed by atoms with van der Waals surface area (Å²) in [5.41, 5.74) is 1.75. The van der Waals surface area contributed by atoms with Crippen LogP contribution in [0.15, 0.2) is 58.3 Å². The van der Waals surface area contributed by atoms with Crippen molar-refractivity contribution in [2.24, 2.45) is 12.0 Å². The van der Waals surface area contributed by atoms with E-state index in [0.717, 1.165) is 17.8 Å². The highest BCUT2D eigenvalue weighted by atomic mass is 19.2. The average Bonchev–Trinajstić information content (AvgIpc) is 2.79. The van der Waals surface area contributed by atoms with Gasteiger partial charge in [0.25, 0.3) is 5.56 Å². The highest BCUT2D eigenvalue weighted by Crippen LogP contribution is 2.17. The molecule has 0 spiro atoms. The Kier molecular flexibility index (Phi) is 4.12. The van der Waals surface area contributed by atoms with Crippen LogP contribution in [0, 0.1) is 18.6 Å². The molecule has 122 valence electrons. The van der Waals surface area contributed by atoms with E-state index in [4.69, 9.17) is 0 Å². The molecule has 0 aliphatic carbocycles. The summed E-state index contributed by atoms with van der Waals surface area (Å²) in [6.07, 6.45) is 1.35. The van der Waals surface area contributed by atoms with Gasteiger partial charge in [-0.05, 0) is 36.8 Å². The minimum Gasteiger partial charge on any atom is -0.283 e. The summed E-state index contributed by atoms with van der Waals surface area (Å²) in [5, 5.41) is 0. The first-order valence-corrected chi connectivity index (χ1v) is 7.32. The van der Waals surface area contributed by atoms with Crippen LogP contribution < -0.4 is 5.56 Å². The van der Waals surface area contributed by atoms with Gasteiger partial charge in [0.05, 0.1) is 11.4 Å². The summed E-state index contributed by atoms with van der Waals surface area (Å²) in [6.45, 7) is 1.78. The first-order chi connectivity index (χ1) is 11.5. The Morgan fingerprint density at radius 3 is 2.42 bits per heavy atom. The molecule has 1 heterocycles. The third kappa shape index (κ3) is 2.78. The number of hydrogen-bond donors (Lipinski definition) is 0. The van der Waals surface area contributed by atoms with E-state index in [1.165, 1.54) is 17.0 Å². The van der Waals surface area contributed by atoms with Crippen LogP contribution in [0.25, 0.3) is 5.69 Å². The fraction of sp³-hybridized carbons (Fsp3) is 0.111. The standard InChI is InChI=1S/C18H15F2N3O/c1-12-17(21-11-13-8-9-15(19)16(20)10-13)18(24)23(22(12)2)14-6-4-3-5-7-14/h3-11H,1-2H3. The van der Waals surface area contributed by atoms with E-state index in [2.05, 4.69) is 4.99 Å². The van der Waals surface area contributed by atoms with Crippen LogP contribution in [0.2, 0.25) is 0 Å². The zero-order chi connectivity index (χ0) is 17.3. The van der Waals surface area contributed by atoms with Crippen LogP contribution >= 0.6 is 0 Å². The van der Waals surface area contributed by atoms with Crippen molar-refractivity contribution in [1.29, 1.82) is 0 Å². The van der Waals surface area contributed by atoms with E-state index in [9.17, 15) is 13.6 Å². The number of nitrogens with zero attached hydrogens (tertiary/aromatic N) is 3. The third-order valence-electron chi connectivity index (χ3n) is 3.81. The predicted octanol–water partition coefficient (Wildman–Crippen LogP) is 3.51. The van der Waals surface area contributed by atoms with Crippen molar-refractivity contribution in [1.82, 2.24) is 9.36 Å². The smallest absolute Gasteiger partial charge is 0.283 e. The van der Waals surface area contributed by atoms with Gasteiger partial charge in [0.2, 0.25) is 0 Å². The van der Waals surface area contributed by atoms with Gasteiger partial charge in [-0.3, -0.25) is 9.48 Å². The SMILES string of the molecule is Cc1c(N=Cc2ccc(F)c(F)c2)c(=O)n(-c2ccccc2)n1C. The minimum atomic E-state index is -0.953. The number of benzene rings is 2. The maximum atomic E-state index is 13.2. The summed E-state index contributed by atoms with van der Waals surface area (Å²) in [4.78, 5) is 16.8. The molecule has 2 aromatic carbocycles. The van der Waals surface area contributed by atoms with Crippen LogP contribution in [0.1, 0.15) is 11.3 Å². The first kappa shape index (κ1) is 15.9. The summed E-state index contributed by atoms with van der Waals surface area (Å²) in [7, 11) is 1.76. The highest BCUT2D eigenvalue weighted by molar-refractivity contribution is 5.82. The van der Waals surface area contributed by atoms with Gasteiger partial charge in [0, 0.05) is 13.3 Å². The molecular formula is C18H15F2N3O. The average molecular weight is 327 g/mol. The lowest BCUT2D eigenvalue weighted by Crippen LogP contribution is -2.19. The second-order valence-electron chi connectivity index (χ2n) is 5.34. The topological polar surface area (TPSA) is 39.3 Å². The van der Waals surface area contributed by atoms with Crippen molar-refractivity contribution in [3.8, 4) is 5.69 Å². The van der Waals surface area contributed by atoms with Crippen molar-refractivity contribution in [2.75, 3.05) is 0 Å². The maximum Gasteiger partial charge on any atom is 0.297 e. The van der Waals surface area contributed by atoms with Crippen molar-refractivity contribution >= 4 is 11.9 Å². The zero-order valence-electron chi connectivity index (χ0n) is 13.2. The van der Waals surface area contributed by atoms with Gasteiger partial charge in [-0.2, -0.15) is 0 Å². The van der Waals surface area contributed by atoms with E-state index in [0.29, 0.717) is 11.3 Å². The van der Waals surface area contributed by atoms with Crippen LogP contribution in [0.5, 0.6) is 0 Å². The molecule has 0 saturated carbocycles. The van der Waals surface area contributed by atoms with Gasteiger partial charge in [-0.25, -0.2) is 18.5 Å². The monoisotopic (exact) mass is 327 g/mol. The molecule has 4 nitrogen and oxygen atoms in total.